The van der Waals surface area contributed by atoms with Crippen molar-refractivity contribution in [2.75, 3.05) is 13.1 Å². The molecule has 2 rings (SSSR count). The maximum Gasteiger partial charge on any atom is 0.00206 e. The van der Waals surface area contributed by atoms with Crippen molar-refractivity contribution in [2.45, 2.75) is 32.1 Å². The fourth-order valence-corrected chi connectivity index (χ4v) is 2.11. The van der Waals surface area contributed by atoms with Crippen molar-refractivity contribution in [1.82, 2.24) is 5.32 Å². The van der Waals surface area contributed by atoms with Crippen LogP contribution in [0, 0.1) is 0 Å². The quantitative estimate of drug-likeness (QED) is 0.754. The second kappa shape index (κ2) is 4.14. The maximum absolute atomic E-state index is 3.42. The third kappa shape index (κ3) is 1.98. The first-order chi connectivity index (χ1) is 6.77. The highest BCUT2D eigenvalue weighted by Gasteiger charge is 2.16. The molecule has 1 N–H and O–H groups in total. The van der Waals surface area contributed by atoms with Gasteiger partial charge in [-0.25, -0.2) is 0 Å². The fraction of sp³-hybridized carbons (Fsp3) is 0.538. The summed E-state index contributed by atoms with van der Waals surface area (Å²) in [5.74, 6) is 1.39. The minimum absolute atomic E-state index is 0.643. The van der Waals surface area contributed by atoms with E-state index in [9.17, 15) is 0 Å². The largest absolute Gasteiger partial charge is 0.316 e. The Balaban J connectivity index is 2.21. The van der Waals surface area contributed by atoms with Gasteiger partial charge in [-0.05, 0) is 35.9 Å². The first-order valence-electron chi connectivity index (χ1n) is 5.58. The molecule has 76 valence electrons. The van der Waals surface area contributed by atoms with Crippen molar-refractivity contribution in [3.8, 4) is 0 Å². The highest BCUT2D eigenvalue weighted by Crippen LogP contribution is 2.25. The molecule has 14 heavy (non-hydrogen) atoms. The summed E-state index contributed by atoms with van der Waals surface area (Å²) in [6.07, 6.45) is 1.29. The predicted molar refractivity (Wildman–Crippen MR) is 60.8 cm³/mol. The SMILES string of the molecule is CC(C)c1cccc([C@H]2CCNC2)c1. The standard InChI is InChI=1S/C13H19N/c1-10(2)11-4-3-5-12(8-11)13-6-7-14-9-13/h3-5,8,10,13-14H,6-7,9H2,1-2H3/t13-/m0/s1. The Morgan fingerprint density at radius 1 is 1.36 bits per heavy atom. The highest BCUT2D eigenvalue weighted by atomic mass is 14.9. The molecule has 1 aliphatic heterocycles. The van der Waals surface area contributed by atoms with Crippen LogP contribution in [0.1, 0.15) is 43.2 Å². The summed E-state index contributed by atoms with van der Waals surface area (Å²) in [6, 6.07) is 9.07. The Morgan fingerprint density at radius 2 is 2.21 bits per heavy atom. The fourth-order valence-electron chi connectivity index (χ4n) is 2.11. The molecule has 1 fully saturated rings. The molecule has 0 radical (unpaired) electrons. The zero-order chi connectivity index (χ0) is 9.97. The molecule has 1 aliphatic rings. The van der Waals surface area contributed by atoms with E-state index in [1.54, 1.807) is 0 Å². The molecule has 1 aromatic rings. The van der Waals surface area contributed by atoms with E-state index in [0.717, 1.165) is 12.5 Å². The first kappa shape index (κ1) is 9.72. The van der Waals surface area contributed by atoms with E-state index < -0.39 is 0 Å². The van der Waals surface area contributed by atoms with Gasteiger partial charge in [0.1, 0.15) is 0 Å². The van der Waals surface area contributed by atoms with Gasteiger partial charge in [0, 0.05) is 6.54 Å². The summed E-state index contributed by atoms with van der Waals surface area (Å²) in [5.41, 5.74) is 2.98. The molecule has 0 aliphatic carbocycles. The van der Waals surface area contributed by atoms with Crippen molar-refractivity contribution in [3.05, 3.63) is 35.4 Å². The van der Waals surface area contributed by atoms with E-state index in [1.807, 2.05) is 0 Å². The van der Waals surface area contributed by atoms with E-state index in [1.165, 1.54) is 24.1 Å². The molecule has 1 heterocycles. The van der Waals surface area contributed by atoms with E-state index in [-0.39, 0.29) is 0 Å². The predicted octanol–water partition coefficient (Wildman–Crippen LogP) is 2.89. The van der Waals surface area contributed by atoms with E-state index >= 15 is 0 Å². The van der Waals surface area contributed by atoms with Crippen LogP contribution < -0.4 is 5.32 Å². The van der Waals surface area contributed by atoms with Crippen LogP contribution in [0.5, 0.6) is 0 Å². The third-order valence-electron chi connectivity index (χ3n) is 3.11. The molecular weight excluding hydrogens is 170 g/mol. The van der Waals surface area contributed by atoms with Crippen LogP contribution in [0.4, 0.5) is 0 Å². The molecule has 0 amide bonds. The van der Waals surface area contributed by atoms with Gasteiger partial charge in [-0.3, -0.25) is 0 Å². The van der Waals surface area contributed by atoms with Crippen LogP contribution in [-0.4, -0.2) is 13.1 Å². The summed E-state index contributed by atoms with van der Waals surface area (Å²) in [6.45, 7) is 6.84. The number of hydrogen-bond acceptors (Lipinski definition) is 1. The van der Waals surface area contributed by atoms with E-state index in [0.29, 0.717) is 5.92 Å². The van der Waals surface area contributed by atoms with Gasteiger partial charge in [0.15, 0.2) is 0 Å². The summed E-state index contributed by atoms with van der Waals surface area (Å²) in [7, 11) is 0. The van der Waals surface area contributed by atoms with Crippen molar-refractivity contribution in [2.24, 2.45) is 0 Å². The van der Waals surface area contributed by atoms with Gasteiger partial charge in [-0.2, -0.15) is 0 Å². The molecule has 0 spiro atoms. The summed E-state index contributed by atoms with van der Waals surface area (Å²) < 4.78 is 0. The molecule has 0 unspecified atom stereocenters. The van der Waals surface area contributed by atoms with Gasteiger partial charge in [0.25, 0.3) is 0 Å². The molecule has 1 aromatic carbocycles. The zero-order valence-electron chi connectivity index (χ0n) is 9.09. The van der Waals surface area contributed by atoms with Gasteiger partial charge >= 0.3 is 0 Å². The Bertz CT molecular complexity index is 298. The minimum atomic E-state index is 0.643. The second-order valence-electron chi connectivity index (χ2n) is 4.51. The number of hydrogen-bond donors (Lipinski definition) is 1. The minimum Gasteiger partial charge on any atom is -0.316 e. The molecule has 1 saturated heterocycles. The van der Waals surface area contributed by atoms with Crippen molar-refractivity contribution >= 4 is 0 Å². The first-order valence-corrected chi connectivity index (χ1v) is 5.58. The van der Waals surface area contributed by atoms with Crippen LogP contribution in [0.2, 0.25) is 0 Å². The van der Waals surface area contributed by atoms with Crippen LogP contribution in [-0.2, 0) is 0 Å². The number of benzene rings is 1. The molecule has 1 atom stereocenters. The smallest absolute Gasteiger partial charge is 0.00206 e. The Kier molecular flexibility index (Phi) is 2.87. The van der Waals surface area contributed by atoms with Gasteiger partial charge < -0.3 is 5.32 Å². The molecule has 1 nitrogen and oxygen atoms in total. The van der Waals surface area contributed by atoms with Gasteiger partial charge in [-0.1, -0.05) is 38.1 Å². The van der Waals surface area contributed by atoms with Crippen molar-refractivity contribution in [1.29, 1.82) is 0 Å². The summed E-state index contributed by atoms with van der Waals surface area (Å²) in [4.78, 5) is 0. The summed E-state index contributed by atoms with van der Waals surface area (Å²) in [5, 5.41) is 3.42. The molecule has 0 bridgehead atoms. The van der Waals surface area contributed by atoms with Gasteiger partial charge in [0.05, 0.1) is 0 Å². The van der Waals surface area contributed by atoms with Crippen LogP contribution in [0.15, 0.2) is 24.3 Å². The van der Waals surface area contributed by atoms with E-state index in [2.05, 4.69) is 43.4 Å². The molecule has 0 aromatic heterocycles. The molecular formula is C13H19N. The normalized spacial score (nSPS) is 21.8. The van der Waals surface area contributed by atoms with Crippen molar-refractivity contribution in [3.63, 3.8) is 0 Å². The average molecular weight is 189 g/mol. The number of nitrogens with one attached hydrogen (secondary N) is 1. The average Bonchev–Trinajstić information content (AvgIpc) is 2.71. The van der Waals surface area contributed by atoms with Crippen LogP contribution in [0.3, 0.4) is 0 Å². The second-order valence-corrected chi connectivity index (χ2v) is 4.51. The lowest BCUT2D eigenvalue weighted by Crippen LogP contribution is -2.08. The monoisotopic (exact) mass is 189 g/mol. The lowest BCUT2D eigenvalue weighted by molar-refractivity contribution is 0.757. The lowest BCUT2D eigenvalue weighted by Gasteiger charge is -2.12. The van der Waals surface area contributed by atoms with Crippen LogP contribution >= 0.6 is 0 Å². The molecule has 1 heteroatoms. The van der Waals surface area contributed by atoms with Gasteiger partial charge in [0.2, 0.25) is 0 Å². The summed E-state index contributed by atoms with van der Waals surface area (Å²) >= 11 is 0. The third-order valence-corrected chi connectivity index (χ3v) is 3.11. The van der Waals surface area contributed by atoms with E-state index in [4.69, 9.17) is 0 Å². The maximum atomic E-state index is 3.42. The van der Waals surface area contributed by atoms with Gasteiger partial charge in [-0.15, -0.1) is 0 Å². The van der Waals surface area contributed by atoms with Crippen LogP contribution in [0.25, 0.3) is 0 Å². The molecule has 0 saturated carbocycles. The topological polar surface area (TPSA) is 12.0 Å². The van der Waals surface area contributed by atoms with Crippen molar-refractivity contribution < 1.29 is 0 Å². The Hall–Kier alpha value is -0.820. The number of rotatable bonds is 2. The Labute approximate surface area is 86.5 Å². The lowest BCUT2D eigenvalue weighted by atomic mass is 9.93. The Morgan fingerprint density at radius 3 is 2.86 bits per heavy atom. The highest BCUT2D eigenvalue weighted by molar-refractivity contribution is 5.29. The zero-order valence-corrected chi connectivity index (χ0v) is 9.09.